The summed E-state index contributed by atoms with van der Waals surface area (Å²) in [5.74, 6) is 0.941. The standard InChI is InChI=1S/C23H42N2O5.C2H6/c1-17(2)16-23(28)25(18(3)4)11-13-30-15-14-29-12-10-22(27)24-21-8-6-20(7-9-21)19(5)26;1-2/h17-18,20-21H,6-16H2,1-5H3,(H,24,27);1-2H3. The van der Waals surface area contributed by atoms with Crippen LogP contribution in [0.1, 0.15) is 87.0 Å². The zero-order chi connectivity index (χ0) is 24.5. The SMILES string of the molecule is CC.CC(=O)C1CCC(NC(=O)CCOCCOCCN(C(=O)CC(C)C)C(C)C)CC1. The van der Waals surface area contributed by atoms with Crippen molar-refractivity contribution in [1.29, 1.82) is 0 Å². The number of ether oxygens (including phenoxy) is 2. The quantitative estimate of drug-likeness (QED) is 0.400. The fraction of sp³-hybridized carbons (Fsp3) is 0.880. The zero-order valence-electron chi connectivity index (χ0n) is 21.6. The van der Waals surface area contributed by atoms with Crippen molar-refractivity contribution in [3.63, 3.8) is 0 Å². The minimum absolute atomic E-state index is 0.00145. The van der Waals surface area contributed by atoms with Crippen LogP contribution in [-0.4, -0.2) is 67.6 Å². The van der Waals surface area contributed by atoms with E-state index in [0.29, 0.717) is 51.7 Å². The van der Waals surface area contributed by atoms with Crippen molar-refractivity contribution in [2.45, 2.75) is 99.1 Å². The van der Waals surface area contributed by atoms with E-state index in [1.54, 1.807) is 6.92 Å². The Bertz CT molecular complexity index is 528. The highest BCUT2D eigenvalue weighted by molar-refractivity contribution is 5.78. The molecule has 7 nitrogen and oxygen atoms in total. The van der Waals surface area contributed by atoms with Gasteiger partial charge in [-0.25, -0.2) is 0 Å². The predicted octanol–water partition coefficient (Wildman–Crippen LogP) is 3.98. The van der Waals surface area contributed by atoms with E-state index in [-0.39, 0.29) is 35.6 Å². The molecule has 0 aromatic carbocycles. The fourth-order valence-corrected chi connectivity index (χ4v) is 3.73. The lowest BCUT2D eigenvalue weighted by atomic mass is 9.84. The highest BCUT2D eigenvalue weighted by Gasteiger charge is 2.24. The normalized spacial score (nSPS) is 18.2. The van der Waals surface area contributed by atoms with Gasteiger partial charge in [-0.05, 0) is 52.4 Å². The third-order valence-corrected chi connectivity index (χ3v) is 5.52. The van der Waals surface area contributed by atoms with E-state index in [0.717, 1.165) is 25.7 Å². The largest absolute Gasteiger partial charge is 0.379 e. The lowest BCUT2D eigenvalue weighted by Crippen LogP contribution is -2.40. The average Bonchev–Trinajstić information content (AvgIpc) is 2.73. The minimum Gasteiger partial charge on any atom is -0.379 e. The molecule has 0 bridgehead atoms. The lowest BCUT2D eigenvalue weighted by Gasteiger charge is -2.27. The number of nitrogens with one attached hydrogen (secondary N) is 1. The van der Waals surface area contributed by atoms with Gasteiger partial charge in [0.1, 0.15) is 5.78 Å². The van der Waals surface area contributed by atoms with E-state index in [9.17, 15) is 14.4 Å². The second kappa shape index (κ2) is 18.0. The molecule has 0 radical (unpaired) electrons. The molecular formula is C25H48N2O5. The number of carbonyl (C=O) groups is 3. The highest BCUT2D eigenvalue weighted by atomic mass is 16.5. The van der Waals surface area contributed by atoms with Crippen LogP contribution in [0.2, 0.25) is 0 Å². The maximum Gasteiger partial charge on any atom is 0.223 e. The van der Waals surface area contributed by atoms with E-state index in [1.165, 1.54) is 0 Å². The predicted molar refractivity (Wildman–Crippen MR) is 128 cm³/mol. The Hall–Kier alpha value is -1.47. The Morgan fingerprint density at radius 1 is 0.906 bits per heavy atom. The molecule has 188 valence electrons. The smallest absolute Gasteiger partial charge is 0.223 e. The van der Waals surface area contributed by atoms with Gasteiger partial charge in [0, 0.05) is 37.4 Å². The summed E-state index contributed by atoms with van der Waals surface area (Å²) in [5, 5.41) is 3.04. The van der Waals surface area contributed by atoms with Gasteiger partial charge in [-0.15, -0.1) is 0 Å². The van der Waals surface area contributed by atoms with Gasteiger partial charge in [0.2, 0.25) is 11.8 Å². The Balaban J connectivity index is 0.00000466. The third-order valence-electron chi connectivity index (χ3n) is 5.52. The van der Waals surface area contributed by atoms with Gasteiger partial charge in [-0.3, -0.25) is 14.4 Å². The van der Waals surface area contributed by atoms with Crippen LogP contribution in [0, 0.1) is 11.8 Å². The van der Waals surface area contributed by atoms with Gasteiger partial charge in [0.05, 0.1) is 26.4 Å². The Morgan fingerprint density at radius 3 is 1.97 bits per heavy atom. The molecule has 1 aliphatic rings. The first-order valence-electron chi connectivity index (χ1n) is 12.5. The van der Waals surface area contributed by atoms with Crippen molar-refractivity contribution in [2.75, 3.05) is 33.0 Å². The van der Waals surface area contributed by atoms with E-state index in [4.69, 9.17) is 9.47 Å². The number of hydrogen-bond acceptors (Lipinski definition) is 5. The van der Waals surface area contributed by atoms with Crippen molar-refractivity contribution in [3.8, 4) is 0 Å². The summed E-state index contributed by atoms with van der Waals surface area (Å²) in [6, 6.07) is 0.339. The molecule has 0 unspecified atom stereocenters. The first kappa shape index (κ1) is 30.5. The Kier molecular flexibility index (Phi) is 17.2. The van der Waals surface area contributed by atoms with E-state index < -0.39 is 0 Å². The number of rotatable bonds is 14. The van der Waals surface area contributed by atoms with Crippen LogP contribution in [-0.2, 0) is 23.9 Å². The average molecular weight is 457 g/mol. The highest BCUT2D eigenvalue weighted by Crippen LogP contribution is 2.24. The summed E-state index contributed by atoms with van der Waals surface area (Å²) in [6.07, 6.45) is 4.37. The topological polar surface area (TPSA) is 84.9 Å². The van der Waals surface area contributed by atoms with E-state index >= 15 is 0 Å². The molecule has 0 aliphatic heterocycles. The molecule has 2 amide bonds. The summed E-state index contributed by atoms with van der Waals surface area (Å²) in [6.45, 7) is 16.1. The Labute approximate surface area is 196 Å². The molecular weight excluding hydrogens is 408 g/mol. The van der Waals surface area contributed by atoms with Crippen LogP contribution in [0.15, 0.2) is 0 Å². The number of carbonyl (C=O) groups excluding carboxylic acids is 3. The van der Waals surface area contributed by atoms with E-state index in [2.05, 4.69) is 5.32 Å². The van der Waals surface area contributed by atoms with Crippen LogP contribution in [0.5, 0.6) is 0 Å². The first-order valence-corrected chi connectivity index (χ1v) is 12.5. The second-order valence-corrected chi connectivity index (χ2v) is 8.98. The maximum absolute atomic E-state index is 12.2. The zero-order valence-corrected chi connectivity index (χ0v) is 21.6. The van der Waals surface area contributed by atoms with Gasteiger partial charge in [-0.2, -0.15) is 0 Å². The van der Waals surface area contributed by atoms with Gasteiger partial charge in [0.15, 0.2) is 0 Å². The number of hydrogen-bond donors (Lipinski definition) is 1. The maximum atomic E-state index is 12.2. The number of amides is 2. The first-order chi connectivity index (χ1) is 15.2. The fourth-order valence-electron chi connectivity index (χ4n) is 3.73. The van der Waals surface area contributed by atoms with Gasteiger partial charge in [0.25, 0.3) is 0 Å². The summed E-state index contributed by atoms with van der Waals surface area (Å²) in [5.41, 5.74) is 0. The molecule has 1 N–H and O–H groups in total. The summed E-state index contributed by atoms with van der Waals surface area (Å²) < 4.78 is 11.1. The molecule has 32 heavy (non-hydrogen) atoms. The van der Waals surface area contributed by atoms with Crippen LogP contribution < -0.4 is 5.32 Å². The molecule has 0 saturated heterocycles. The van der Waals surface area contributed by atoms with Crippen molar-refractivity contribution >= 4 is 17.6 Å². The van der Waals surface area contributed by atoms with Gasteiger partial charge in [-0.1, -0.05) is 27.7 Å². The summed E-state index contributed by atoms with van der Waals surface area (Å²) in [7, 11) is 0. The Morgan fingerprint density at radius 2 is 1.47 bits per heavy atom. The minimum atomic E-state index is -0.00145. The molecule has 7 heteroatoms. The molecule has 1 fully saturated rings. The monoisotopic (exact) mass is 456 g/mol. The number of ketones is 1. The summed E-state index contributed by atoms with van der Waals surface area (Å²) in [4.78, 5) is 37.5. The molecule has 1 saturated carbocycles. The van der Waals surface area contributed by atoms with Crippen LogP contribution in [0.3, 0.4) is 0 Å². The van der Waals surface area contributed by atoms with Gasteiger partial charge < -0.3 is 19.7 Å². The van der Waals surface area contributed by atoms with Crippen molar-refractivity contribution in [2.24, 2.45) is 11.8 Å². The van der Waals surface area contributed by atoms with Crippen molar-refractivity contribution in [3.05, 3.63) is 0 Å². The molecule has 1 rings (SSSR count). The number of nitrogens with zero attached hydrogens (tertiary/aromatic N) is 1. The molecule has 0 spiro atoms. The second-order valence-electron chi connectivity index (χ2n) is 8.98. The van der Waals surface area contributed by atoms with Crippen LogP contribution in [0.25, 0.3) is 0 Å². The molecule has 0 atom stereocenters. The lowest BCUT2D eigenvalue weighted by molar-refractivity contribution is -0.134. The summed E-state index contributed by atoms with van der Waals surface area (Å²) >= 11 is 0. The van der Waals surface area contributed by atoms with Crippen molar-refractivity contribution in [1.82, 2.24) is 10.2 Å². The van der Waals surface area contributed by atoms with Crippen LogP contribution in [0.4, 0.5) is 0 Å². The molecule has 0 aromatic rings. The number of Topliss-reactive ketones (excluding diaryl/α,β-unsaturated/α-hetero) is 1. The molecule has 1 aliphatic carbocycles. The molecule has 0 heterocycles. The third kappa shape index (κ3) is 13.8. The van der Waals surface area contributed by atoms with Gasteiger partial charge >= 0.3 is 0 Å². The van der Waals surface area contributed by atoms with Crippen LogP contribution >= 0.6 is 0 Å². The molecule has 0 aromatic heterocycles. The van der Waals surface area contributed by atoms with E-state index in [1.807, 2.05) is 46.4 Å². The van der Waals surface area contributed by atoms with Crippen molar-refractivity contribution < 1.29 is 23.9 Å².